The van der Waals surface area contributed by atoms with Crippen LogP contribution >= 0.6 is 11.3 Å². The van der Waals surface area contributed by atoms with Gasteiger partial charge in [0.1, 0.15) is 5.01 Å². The van der Waals surface area contributed by atoms with Gasteiger partial charge < -0.3 is 4.74 Å². The zero-order valence-electron chi connectivity index (χ0n) is 17.1. The summed E-state index contributed by atoms with van der Waals surface area (Å²) >= 11 is 1.33. The molecule has 0 fully saturated rings. The Labute approximate surface area is 176 Å². The minimum absolute atomic E-state index is 0.0499. The molecule has 4 aromatic rings. The maximum atomic E-state index is 12.7. The van der Waals surface area contributed by atoms with Crippen LogP contribution in [-0.2, 0) is 5.41 Å². The number of benzene rings is 1. The van der Waals surface area contributed by atoms with Gasteiger partial charge in [0.15, 0.2) is 0 Å². The highest BCUT2D eigenvalue weighted by atomic mass is 32.1. The molecule has 0 atom stereocenters. The van der Waals surface area contributed by atoms with Crippen LogP contribution in [0.2, 0.25) is 0 Å². The molecule has 0 aliphatic carbocycles. The Bertz CT molecular complexity index is 1270. The third-order valence-electron chi connectivity index (χ3n) is 4.21. The summed E-state index contributed by atoms with van der Waals surface area (Å²) in [5, 5.41) is 17.7. The Balaban J connectivity index is 1.79. The van der Waals surface area contributed by atoms with Crippen molar-refractivity contribution in [1.82, 2.24) is 24.6 Å². The average molecular weight is 424 g/mol. The van der Waals surface area contributed by atoms with Gasteiger partial charge in [-0.15, -0.1) is 20.4 Å². The molecule has 0 bridgehead atoms. The molecule has 9 nitrogen and oxygen atoms in total. The van der Waals surface area contributed by atoms with Crippen LogP contribution in [0.1, 0.15) is 32.7 Å². The van der Waals surface area contributed by atoms with Crippen molar-refractivity contribution >= 4 is 27.9 Å². The second-order valence-electron chi connectivity index (χ2n) is 7.57. The van der Waals surface area contributed by atoms with Crippen molar-refractivity contribution in [3.05, 3.63) is 51.9 Å². The molecule has 0 saturated heterocycles. The van der Waals surface area contributed by atoms with Crippen LogP contribution in [0.4, 0.5) is 10.8 Å². The largest absolute Gasteiger partial charge is 0.477 e. The first-order valence-electron chi connectivity index (χ1n) is 9.46. The lowest BCUT2D eigenvalue weighted by Crippen LogP contribution is -2.12. The standard InChI is InChI=1S/C20H21N7O2S/c1-5-29-16-14(23-25-19-26-24-17(30-19)20(2,3)4)15(28)22-18-21-13(11-27(16)18)12-9-7-6-8-10-12/h6-11H,5H2,1-4H3,(H,21,22,28). The zero-order chi connectivity index (χ0) is 21.3. The number of azo groups is 1. The molecule has 0 saturated carbocycles. The van der Waals surface area contributed by atoms with Gasteiger partial charge in [-0.05, 0) is 6.92 Å². The van der Waals surface area contributed by atoms with Gasteiger partial charge in [-0.3, -0.25) is 14.2 Å². The summed E-state index contributed by atoms with van der Waals surface area (Å²) in [5.74, 6) is 0.641. The Morgan fingerprint density at radius 2 is 1.93 bits per heavy atom. The lowest BCUT2D eigenvalue weighted by atomic mass is 9.98. The zero-order valence-corrected chi connectivity index (χ0v) is 17.9. The molecule has 30 heavy (non-hydrogen) atoms. The molecule has 154 valence electrons. The first-order valence-corrected chi connectivity index (χ1v) is 10.3. The number of ether oxygens (including phenoxy) is 1. The molecule has 0 spiro atoms. The Morgan fingerprint density at radius 1 is 1.17 bits per heavy atom. The number of nitrogens with zero attached hydrogens (tertiary/aromatic N) is 6. The minimum Gasteiger partial charge on any atom is -0.477 e. The van der Waals surface area contributed by atoms with Crippen molar-refractivity contribution in [3.63, 3.8) is 0 Å². The summed E-state index contributed by atoms with van der Waals surface area (Å²) in [7, 11) is 0. The monoisotopic (exact) mass is 423 g/mol. The predicted octanol–water partition coefficient (Wildman–Crippen LogP) is 4.65. The van der Waals surface area contributed by atoms with E-state index in [1.54, 1.807) is 10.6 Å². The normalized spacial score (nSPS) is 12.1. The smallest absolute Gasteiger partial charge is 0.284 e. The highest BCUT2D eigenvalue weighted by Gasteiger charge is 2.20. The van der Waals surface area contributed by atoms with E-state index in [0.29, 0.717) is 23.2 Å². The van der Waals surface area contributed by atoms with E-state index < -0.39 is 5.56 Å². The molecule has 0 amide bonds. The number of aromatic nitrogens is 5. The summed E-state index contributed by atoms with van der Waals surface area (Å²) in [4.78, 5) is 19.9. The van der Waals surface area contributed by atoms with Gasteiger partial charge in [-0.25, -0.2) is 4.98 Å². The molecule has 0 unspecified atom stereocenters. The summed E-state index contributed by atoms with van der Waals surface area (Å²) in [6.07, 6.45) is 1.80. The molecule has 4 rings (SSSR count). The SMILES string of the molecule is CCOc1c(N=Nc2nnc(C(C)(C)C)s2)c(=O)[nH]c2nc(-c3ccccc3)cn12. The van der Waals surface area contributed by atoms with Gasteiger partial charge in [-0.2, -0.15) is 0 Å². The summed E-state index contributed by atoms with van der Waals surface area (Å²) < 4.78 is 7.41. The molecule has 0 aliphatic heterocycles. The lowest BCUT2D eigenvalue weighted by molar-refractivity contribution is 0.323. The van der Waals surface area contributed by atoms with Crippen LogP contribution in [0.5, 0.6) is 5.88 Å². The first kappa shape index (κ1) is 19.9. The van der Waals surface area contributed by atoms with E-state index in [1.165, 1.54) is 11.3 Å². The molecular formula is C20H21N7O2S. The van der Waals surface area contributed by atoms with Crippen molar-refractivity contribution < 1.29 is 4.74 Å². The van der Waals surface area contributed by atoms with Crippen LogP contribution in [0.3, 0.4) is 0 Å². The molecular weight excluding hydrogens is 402 g/mol. The van der Waals surface area contributed by atoms with Crippen LogP contribution in [-0.4, -0.2) is 31.2 Å². The van der Waals surface area contributed by atoms with Crippen LogP contribution in [0.25, 0.3) is 17.0 Å². The number of nitrogens with one attached hydrogen (secondary N) is 1. The van der Waals surface area contributed by atoms with Crippen molar-refractivity contribution in [2.75, 3.05) is 6.61 Å². The quantitative estimate of drug-likeness (QED) is 0.470. The van der Waals surface area contributed by atoms with Gasteiger partial charge in [-0.1, -0.05) is 62.4 Å². The Morgan fingerprint density at radius 3 is 2.60 bits per heavy atom. The third-order valence-corrected chi connectivity index (χ3v) is 5.44. The topological polar surface area (TPSA) is 110 Å². The maximum absolute atomic E-state index is 12.7. The van der Waals surface area contributed by atoms with E-state index in [2.05, 4.69) is 30.4 Å². The van der Waals surface area contributed by atoms with Gasteiger partial charge in [0.25, 0.3) is 10.7 Å². The fourth-order valence-corrected chi connectivity index (χ4v) is 3.48. The molecule has 0 radical (unpaired) electrons. The van der Waals surface area contributed by atoms with E-state index in [9.17, 15) is 4.79 Å². The number of fused-ring (bicyclic) bond motifs is 1. The molecule has 10 heteroatoms. The first-order chi connectivity index (χ1) is 14.4. The number of hydrogen-bond donors (Lipinski definition) is 1. The third kappa shape index (κ3) is 3.86. The Kier molecular flexibility index (Phi) is 5.17. The van der Waals surface area contributed by atoms with E-state index in [4.69, 9.17) is 4.74 Å². The van der Waals surface area contributed by atoms with Gasteiger partial charge in [0, 0.05) is 17.2 Å². The Hall–Kier alpha value is -3.40. The second-order valence-corrected chi connectivity index (χ2v) is 8.52. The average Bonchev–Trinajstić information content (AvgIpc) is 3.35. The number of H-pyrrole nitrogens is 1. The van der Waals surface area contributed by atoms with E-state index >= 15 is 0 Å². The van der Waals surface area contributed by atoms with E-state index in [-0.39, 0.29) is 17.0 Å². The second kappa shape index (κ2) is 7.79. The van der Waals surface area contributed by atoms with Crippen molar-refractivity contribution in [2.24, 2.45) is 10.2 Å². The summed E-state index contributed by atoms with van der Waals surface area (Å²) in [5.41, 5.74) is 1.11. The maximum Gasteiger partial charge on any atom is 0.284 e. The number of hydrogen-bond acceptors (Lipinski definition) is 8. The number of imidazole rings is 1. The van der Waals surface area contributed by atoms with Crippen LogP contribution in [0.15, 0.2) is 51.6 Å². The van der Waals surface area contributed by atoms with Gasteiger partial charge >= 0.3 is 0 Å². The molecule has 0 aliphatic rings. The summed E-state index contributed by atoms with van der Waals surface area (Å²) in [6.45, 7) is 8.33. The molecule has 1 N–H and O–H groups in total. The van der Waals surface area contributed by atoms with Crippen LogP contribution in [0, 0.1) is 0 Å². The number of aromatic amines is 1. The molecule has 3 aromatic heterocycles. The molecule has 1 aromatic carbocycles. The molecule has 3 heterocycles. The van der Waals surface area contributed by atoms with Crippen molar-refractivity contribution in [2.45, 2.75) is 33.1 Å². The van der Waals surface area contributed by atoms with Crippen LogP contribution < -0.4 is 10.3 Å². The van der Waals surface area contributed by atoms with Crippen molar-refractivity contribution in [1.29, 1.82) is 0 Å². The van der Waals surface area contributed by atoms with Gasteiger partial charge in [0.05, 0.1) is 12.3 Å². The highest BCUT2D eigenvalue weighted by Crippen LogP contribution is 2.32. The van der Waals surface area contributed by atoms with E-state index in [1.807, 2.05) is 58.0 Å². The highest BCUT2D eigenvalue weighted by molar-refractivity contribution is 7.15. The van der Waals surface area contributed by atoms with Gasteiger partial charge in [0.2, 0.25) is 17.3 Å². The predicted molar refractivity (Wildman–Crippen MR) is 115 cm³/mol. The van der Waals surface area contributed by atoms with Crippen molar-refractivity contribution in [3.8, 4) is 17.1 Å². The lowest BCUT2D eigenvalue weighted by Gasteiger charge is -2.11. The van der Waals surface area contributed by atoms with E-state index in [0.717, 1.165) is 10.6 Å². The summed E-state index contributed by atoms with van der Waals surface area (Å²) in [6, 6.07) is 9.69. The fourth-order valence-electron chi connectivity index (χ4n) is 2.76. The number of rotatable bonds is 5. The fraction of sp³-hybridized carbons (Fsp3) is 0.300. The minimum atomic E-state index is -0.444.